The maximum Gasteiger partial charge on any atom is 0.326 e. The van der Waals surface area contributed by atoms with Crippen molar-refractivity contribution >= 4 is 17.8 Å². The summed E-state index contributed by atoms with van der Waals surface area (Å²) < 4.78 is 0. The molecule has 3 N–H and O–H groups in total. The summed E-state index contributed by atoms with van der Waals surface area (Å²) in [7, 11) is 0. The summed E-state index contributed by atoms with van der Waals surface area (Å²) in [5.74, 6) is -1.47. The predicted molar refractivity (Wildman–Crippen MR) is 66.2 cm³/mol. The molecule has 0 spiro atoms. The number of rotatable bonds is 3. The van der Waals surface area contributed by atoms with Crippen molar-refractivity contribution in [1.29, 1.82) is 0 Å². The first-order chi connectivity index (χ1) is 9.06. The average Bonchev–Trinajstić information content (AvgIpc) is 3.05. The van der Waals surface area contributed by atoms with Crippen LogP contribution in [0.4, 0.5) is 0 Å². The standard InChI is InChI=1S/C12H19N3O4/c13-7-10(16)14-5-1-3-8(14)11(17)15-6-2-4-9(15)12(18)19/h8-9H,1-7,13H2,(H,18,19)/t8-,9-/m0/s1. The van der Waals surface area contributed by atoms with E-state index in [2.05, 4.69) is 0 Å². The van der Waals surface area contributed by atoms with Crippen molar-refractivity contribution in [3.05, 3.63) is 0 Å². The summed E-state index contributed by atoms with van der Waals surface area (Å²) in [4.78, 5) is 38.1. The van der Waals surface area contributed by atoms with E-state index in [0.717, 1.165) is 6.42 Å². The Hall–Kier alpha value is -1.63. The van der Waals surface area contributed by atoms with E-state index in [0.29, 0.717) is 32.4 Å². The lowest BCUT2D eigenvalue weighted by molar-refractivity contribution is -0.151. The van der Waals surface area contributed by atoms with Gasteiger partial charge in [0.25, 0.3) is 0 Å². The zero-order valence-corrected chi connectivity index (χ0v) is 10.7. The van der Waals surface area contributed by atoms with Gasteiger partial charge in [0, 0.05) is 13.1 Å². The van der Waals surface area contributed by atoms with E-state index in [1.54, 1.807) is 0 Å². The second kappa shape index (κ2) is 5.56. The van der Waals surface area contributed by atoms with Gasteiger partial charge in [0.05, 0.1) is 6.54 Å². The molecule has 2 atom stereocenters. The number of carboxylic acid groups (broad SMARTS) is 1. The monoisotopic (exact) mass is 269 g/mol. The van der Waals surface area contributed by atoms with Gasteiger partial charge < -0.3 is 20.6 Å². The number of hydrogen-bond donors (Lipinski definition) is 2. The van der Waals surface area contributed by atoms with E-state index in [-0.39, 0.29) is 18.4 Å². The minimum Gasteiger partial charge on any atom is -0.480 e. The van der Waals surface area contributed by atoms with Gasteiger partial charge >= 0.3 is 5.97 Å². The first-order valence-electron chi connectivity index (χ1n) is 6.59. The summed E-state index contributed by atoms with van der Waals surface area (Å²) >= 11 is 0. The summed E-state index contributed by atoms with van der Waals surface area (Å²) in [5, 5.41) is 9.10. The molecule has 2 amide bonds. The molecule has 0 aromatic carbocycles. The van der Waals surface area contributed by atoms with E-state index < -0.39 is 18.1 Å². The number of nitrogens with zero attached hydrogens (tertiary/aromatic N) is 2. The van der Waals surface area contributed by atoms with Gasteiger partial charge in [-0.1, -0.05) is 0 Å². The lowest BCUT2D eigenvalue weighted by atomic mass is 10.1. The summed E-state index contributed by atoms with van der Waals surface area (Å²) in [6.45, 7) is 0.862. The van der Waals surface area contributed by atoms with Gasteiger partial charge in [-0.2, -0.15) is 0 Å². The molecule has 0 aromatic heterocycles. The molecule has 106 valence electrons. The Labute approximate surface area is 111 Å². The van der Waals surface area contributed by atoms with E-state index in [4.69, 9.17) is 10.8 Å². The van der Waals surface area contributed by atoms with E-state index in [1.807, 2.05) is 0 Å². The fraction of sp³-hybridized carbons (Fsp3) is 0.750. The number of hydrogen-bond acceptors (Lipinski definition) is 4. The van der Waals surface area contributed by atoms with Crippen molar-refractivity contribution in [2.75, 3.05) is 19.6 Å². The molecule has 2 rings (SSSR count). The zero-order valence-electron chi connectivity index (χ0n) is 10.7. The molecule has 0 aliphatic carbocycles. The van der Waals surface area contributed by atoms with Crippen molar-refractivity contribution in [2.45, 2.75) is 37.8 Å². The first kappa shape index (κ1) is 13.8. The largest absolute Gasteiger partial charge is 0.480 e. The Bertz CT molecular complexity index is 398. The molecule has 0 saturated carbocycles. The molecule has 19 heavy (non-hydrogen) atoms. The van der Waals surface area contributed by atoms with Gasteiger partial charge in [-0.15, -0.1) is 0 Å². The summed E-state index contributed by atoms with van der Waals surface area (Å²) in [6, 6.07) is -1.28. The van der Waals surface area contributed by atoms with Crippen molar-refractivity contribution in [1.82, 2.24) is 9.80 Å². The fourth-order valence-corrected chi connectivity index (χ4v) is 2.92. The quantitative estimate of drug-likeness (QED) is 0.684. The molecule has 2 fully saturated rings. The molecule has 0 unspecified atom stereocenters. The number of carbonyl (C=O) groups excluding carboxylic acids is 2. The molecule has 7 heteroatoms. The molecule has 2 aliphatic rings. The van der Waals surface area contributed by atoms with Crippen LogP contribution in [-0.2, 0) is 14.4 Å². The number of nitrogens with two attached hydrogens (primary N) is 1. The Balaban J connectivity index is 2.10. The number of carboxylic acids is 1. The van der Waals surface area contributed by atoms with Gasteiger partial charge in [-0.25, -0.2) is 4.79 Å². The van der Waals surface area contributed by atoms with E-state index in [1.165, 1.54) is 9.80 Å². The van der Waals surface area contributed by atoms with E-state index >= 15 is 0 Å². The third-order valence-electron chi connectivity index (χ3n) is 3.85. The summed E-state index contributed by atoms with van der Waals surface area (Å²) in [5.41, 5.74) is 5.33. The molecule has 2 heterocycles. The number of likely N-dealkylation sites (tertiary alicyclic amines) is 2. The van der Waals surface area contributed by atoms with Crippen LogP contribution < -0.4 is 5.73 Å². The molecule has 2 aliphatic heterocycles. The number of aliphatic carboxylic acids is 1. The van der Waals surface area contributed by atoms with Crippen molar-refractivity contribution in [2.24, 2.45) is 5.73 Å². The van der Waals surface area contributed by atoms with Gasteiger partial charge in [0.2, 0.25) is 11.8 Å². The minimum absolute atomic E-state index is 0.119. The van der Waals surface area contributed by atoms with E-state index in [9.17, 15) is 14.4 Å². The fourth-order valence-electron chi connectivity index (χ4n) is 2.92. The van der Waals surface area contributed by atoms with Gasteiger partial charge in [0.1, 0.15) is 12.1 Å². The highest BCUT2D eigenvalue weighted by atomic mass is 16.4. The molecule has 7 nitrogen and oxygen atoms in total. The Morgan fingerprint density at radius 3 is 2.21 bits per heavy atom. The van der Waals surface area contributed by atoms with Gasteiger partial charge in [0.15, 0.2) is 0 Å². The average molecular weight is 269 g/mol. The highest BCUT2D eigenvalue weighted by Gasteiger charge is 2.41. The number of amides is 2. The van der Waals surface area contributed by atoms with Crippen molar-refractivity contribution in [3.8, 4) is 0 Å². The second-order valence-electron chi connectivity index (χ2n) is 4.98. The first-order valence-corrected chi connectivity index (χ1v) is 6.59. The molecule has 0 aromatic rings. The lowest BCUT2D eigenvalue weighted by Crippen LogP contribution is -2.51. The second-order valence-corrected chi connectivity index (χ2v) is 4.98. The molecule has 2 saturated heterocycles. The third kappa shape index (κ3) is 2.56. The molecule has 0 radical (unpaired) electrons. The predicted octanol–water partition coefficient (Wildman–Crippen LogP) is -0.988. The third-order valence-corrected chi connectivity index (χ3v) is 3.85. The van der Waals surface area contributed by atoms with Crippen LogP contribution in [-0.4, -0.2) is 64.4 Å². The molecule has 0 bridgehead atoms. The van der Waals surface area contributed by atoms with Crippen LogP contribution in [0.25, 0.3) is 0 Å². The van der Waals surface area contributed by atoms with Crippen LogP contribution in [0.5, 0.6) is 0 Å². The topological polar surface area (TPSA) is 104 Å². The van der Waals surface area contributed by atoms with Crippen LogP contribution in [0.2, 0.25) is 0 Å². The maximum absolute atomic E-state index is 12.4. The van der Waals surface area contributed by atoms with Crippen LogP contribution in [0.3, 0.4) is 0 Å². The highest BCUT2D eigenvalue weighted by molar-refractivity contribution is 5.91. The normalized spacial score (nSPS) is 26.8. The van der Waals surface area contributed by atoms with Gasteiger partial charge in [-0.05, 0) is 25.7 Å². The molecular weight excluding hydrogens is 250 g/mol. The Kier molecular flexibility index (Phi) is 4.04. The van der Waals surface area contributed by atoms with Crippen LogP contribution >= 0.6 is 0 Å². The van der Waals surface area contributed by atoms with Crippen molar-refractivity contribution in [3.63, 3.8) is 0 Å². The van der Waals surface area contributed by atoms with Gasteiger partial charge in [-0.3, -0.25) is 9.59 Å². The maximum atomic E-state index is 12.4. The highest BCUT2D eigenvalue weighted by Crippen LogP contribution is 2.24. The van der Waals surface area contributed by atoms with Crippen LogP contribution in [0.15, 0.2) is 0 Å². The SMILES string of the molecule is NCC(=O)N1CCC[C@H]1C(=O)N1CCC[C@H]1C(=O)O. The Morgan fingerprint density at radius 1 is 1.05 bits per heavy atom. The van der Waals surface area contributed by atoms with Crippen LogP contribution in [0, 0.1) is 0 Å². The van der Waals surface area contributed by atoms with Crippen LogP contribution in [0.1, 0.15) is 25.7 Å². The zero-order chi connectivity index (χ0) is 14.0. The summed E-state index contributed by atoms with van der Waals surface area (Å²) in [6.07, 6.45) is 2.53. The Morgan fingerprint density at radius 2 is 1.63 bits per heavy atom. The smallest absolute Gasteiger partial charge is 0.326 e. The lowest BCUT2D eigenvalue weighted by Gasteiger charge is -2.29. The molecular formula is C12H19N3O4. The minimum atomic E-state index is -0.972. The number of carbonyl (C=O) groups is 3. The van der Waals surface area contributed by atoms with Crippen molar-refractivity contribution < 1.29 is 19.5 Å².